The highest BCUT2D eigenvalue weighted by molar-refractivity contribution is 4.88. The normalized spacial score (nSPS) is 31.9. The van der Waals surface area contributed by atoms with E-state index in [0.717, 1.165) is 25.8 Å². The van der Waals surface area contributed by atoms with Gasteiger partial charge in [-0.25, -0.2) is 0 Å². The number of piperidine rings is 1. The van der Waals surface area contributed by atoms with Crippen molar-refractivity contribution in [2.45, 2.75) is 43.9 Å². The van der Waals surface area contributed by atoms with Gasteiger partial charge in [0.1, 0.15) is 0 Å². The molecule has 5 heteroatoms. The molecule has 3 atom stereocenters. The van der Waals surface area contributed by atoms with E-state index in [1.807, 2.05) is 4.90 Å². The molecule has 96 valence electrons. The largest absolute Gasteiger partial charge is 0.396 e. The zero-order chi connectivity index (χ0) is 12.0. The van der Waals surface area contributed by atoms with E-state index in [4.69, 9.17) is 5.11 Å². The van der Waals surface area contributed by atoms with E-state index in [-0.39, 0.29) is 19.3 Å². The van der Waals surface area contributed by atoms with E-state index in [2.05, 4.69) is 0 Å². The van der Waals surface area contributed by atoms with Crippen molar-refractivity contribution in [2.75, 3.05) is 26.3 Å². The summed E-state index contributed by atoms with van der Waals surface area (Å²) in [5.41, 5.74) is 0. The third kappa shape index (κ3) is 3.68. The topological polar surface area (TPSA) is 84.2 Å². The molecule has 1 aliphatic heterocycles. The van der Waals surface area contributed by atoms with Crippen molar-refractivity contribution in [3.8, 4) is 0 Å². The van der Waals surface area contributed by atoms with Gasteiger partial charge in [0, 0.05) is 13.2 Å². The minimum absolute atomic E-state index is 0.127. The number of hydrogen-bond donors (Lipinski definition) is 4. The molecule has 0 saturated carbocycles. The molecule has 0 aliphatic carbocycles. The second-order valence-corrected chi connectivity index (χ2v) is 4.42. The number of aliphatic hydroxyl groups is 4. The Hall–Kier alpha value is -0.200. The standard InChI is InChI=1S/C11H23NO4/c13-7-3-1-2-5-12-6-4-10(15)11(16)9(12)8-14/h9-11,13-16H,1-8H2. The number of likely N-dealkylation sites (tertiary alicyclic amines) is 1. The zero-order valence-electron chi connectivity index (χ0n) is 9.62. The van der Waals surface area contributed by atoms with Crippen LogP contribution in [0.1, 0.15) is 25.7 Å². The summed E-state index contributed by atoms with van der Waals surface area (Å²) in [6.07, 6.45) is 1.67. The van der Waals surface area contributed by atoms with Crippen LogP contribution in [0.15, 0.2) is 0 Å². The van der Waals surface area contributed by atoms with Gasteiger partial charge in [-0.05, 0) is 32.2 Å². The predicted molar refractivity (Wildman–Crippen MR) is 60.0 cm³/mol. The van der Waals surface area contributed by atoms with Gasteiger partial charge in [-0.2, -0.15) is 0 Å². The van der Waals surface area contributed by atoms with Crippen LogP contribution in [0.4, 0.5) is 0 Å². The monoisotopic (exact) mass is 233 g/mol. The average molecular weight is 233 g/mol. The number of unbranched alkanes of at least 4 members (excludes halogenated alkanes) is 2. The molecule has 1 aliphatic rings. The SMILES string of the molecule is OCCCCCN1CCC(O)C(O)C1CO. The molecule has 1 fully saturated rings. The minimum Gasteiger partial charge on any atom is -0.396 e. The Bertz CT molecular complexity index is 191. The number of hydrogen-bond acceptors (Lipinski definition) is 5. The van der Waals surface area contributed by atoms with Crippen molar-refractivity contribution in [1.82, 2.24) is 4.90 Å². The lowest BCUT2D eigenvalue weighted by Gasteiger charge is -2.40. The van der Waals surface area contributed by atoms with Gasteiger partial charge in [-0.3, -0.25) is 4.90 Å². The van der Waals surface area contributed by atoms with Gasteiger partial charge in [-0.1, -0.05) is 0 Å². The Kier molecular flexibility index (Phi) is 6.23. The summed E-state index contributed by atoms with van der Waals surface area (Å²) < 4.78 is 0. The average Bonchev–Trinajstić information content (AvgIpc) is 2.29. The van der Waals surface area contributed by atoms with Crippen molar-refractivity contribution in [3.05, 3.63) is 0 Å². The van der Waals surface area contributed by atoms with Crippen LogP contribution >= 0.6 is 0 Å². The van der Waals surface area contributed by atoms with E-state index in [1.165, 1.54) is 0 Å². The second-order valence-electron chi connectivity index (χ2n) is 4.42. The summed E-state index contributed by atoms with van der Waals surface area (Å²) in [5.74, 6) is 0. The highest BCUT2D eigenvalue weighted by atomic mass is 16.3. The lowest BCUT2D eigenvalue weighted by molar-refractivity contribution is -0.0896. The summed E-state index contributed by atoms with van der Waals surface area (Å²) in [6, 6.07) is -0.349. The van der Waals surface area contributed by atoms with Crippen molar-refractivity contribution >= 4 is 0 Å². The highest BCUT2D eigenvalue weighted by Crippen LogP contribution is 2.18. The summed E-state index contributed by atoms with van der Waals surface area (Å²) in [7, 11) is 0. The fourth-order valence-electron chi connectivity index (χ4n) is 2.21. The highest BCUT2D eigenvalue weighted by Gasteiger charge is 2.34. The van der Waals surface area contributed by atoms with Gasteiger partial charge in [0.25, 0.3) is 0 Å². The van der Waals surface area contributed by atoms with Crippen LogP contribution in [-0.4, -0.2) is 69.9 Å². The fraction of sp³-hybridized carbons (Fsp3) is 1.00. The van der Waals surface area contributed by atoms with E-state index >= 15 is 0 Å². The Morgan fingerprint density at radius 2 is 1.81 bits per heavy atom. The molecule has 0 amide bonds. The fourth-order valence-corrected chi connectivity index (χ4v) is 2.21. The van der Waals surface area contributed by atoms with Crippen LogP contribution in [0.2, 0.25) is 0 Å². The Balaban J connectivity index is 2.33. The smallest absolute Gasteiger partial charge is 0.0976 e. The zero-order valence-corrected chi connectivity index (χ0v) is 9.62. The molecule has 1 rings (SSSR count). The predicted octanol–water partition coefficient (Wildman–Crippen LogP) is -1.06. The van der Waals surface area contributed by atoms with Gasteiger partial charge in [0.05, 0.1) is 24.9 Å². The van der Waals surface area contributed by atoms with Crippen molar-refractivity contribution < 1.29 is 20.4 Å². The first-order valence-corrected chi connectivity index (χ1v) is 6.02. The minimum atomic E-state index is -0.850. The van der Waals surface area contributed by atoms with E-state index in [1.54, 1.807) is 0 Å². The molecule has 0 spiro atoms. The van der Waals surface area contributed by atoms with Gasteiger partial charge in [-0.15, -0.1) is 0 Å². The molecule has 3 unspecified atom stereocenters. The maximum atomic E-state index is 9.72. The Morgan fingerprint density at radius 1 is 1.06 bits per heavy atom. The maximum absolute atomic E-state index is 9.72. The van der Waals surface area contributed by atoms with Crippen molar-refractivity contribution in [1.29, 1.82) is 0 Å². The third-order valence-electron chi connectivity index (χ3n) is 3.26. The molecular formula is C11H23NO4. The van der Waals surface area contributed by atoms with E-state index in [9.17, 15) is 15.3 Å². The molecule has 0 aromatic heterocycles. The number of aliphatic hydroxyl groups excluding tert-OH is 4. The summed E-state index contributed by atoms with van der Waals surface area (Å²) >= 11 is 0. The van der Waals surface area contributed by atoms with Gasteiger partial charge in [0.15, 0.2) is 0 Å². The van der Waals surface area contributed by atoms with Gasteiger partial charge >= 0.3 is 0 Å². The van der Waals surface area contributed by atoms with Gasteiger partial charge < -0.3 is 20.4 Å². The lowest BCUT2D eigenvalue weighted by atomic mass is 9.96. The van der Waals surface area contributed by atoms with Crippen LogP contribution in [0.25, 0.3) is 0 Å². The molecule has 0 radical (unpaired) electrons. The van der Waals surface area contributed by atoms with Crippen LogP contribution in [0.5, 0.6) is 0 Å². The quantitative estimate of drug-likeness (QED) is 0.439. The van der Waals surface area contributed by atoms with Crippen molar-refractivity contribution in [2.24, 2.45) is 0 Å². The van der Waals surface area contributed by atoms with E-state index < -0.39 is 12.2 Å². The van der Waals surface area contributed by atoms with Crippen LogP contribution < -0.4 is 0 Å². The lowest BCUT2D eigenvalue weighted by Crippen LogP contribution is -2.56. The van der Waals surface area contributed by atoms with E-state index in [0.29, 0.717) is 13.0 Å². The summed E-state index contributed by atoms with van der Waals surface area (Å²) in [5, 5.41) is 37.1. The first kappa shape index (κ1) is 13.9. The molecule has 16 heavy (non-hydrogen) atoms. The summed E-state index contributed by atoms with van der Waals surface area (Å²) in [6.45, 7) is 1.60. The van der Waals surface area contributed by atoms with Crippen LogP contribution in [-0.2, 0) is 0 Å². The molecule has 4 N–H and O–H groups in total. The first-order chi connectivity index (χ1) is 7.70. The molecule has 5 nitrogen and oxygen atoms in total. The Labute approximate surface area is 96.3 Å². The maximum Gasteiger partial charge on any atom is 0.0976 e. The Morgan fingerprint density at radius 3 is 2.44 bits per heavy atom. The number of rotatable bonds is 6. The van der Waals surface area contributed by atoms with Gasteiger partial charge in [0.2, 0.25) is 0 Å². The third-order valence-corrected chi connectivity index (χ3v) is 3.26. The second kappa shape index (κ2) is 7.19. The molecule has 1 saturated heterocycles. The molecule has 0 aromatic carbocycles. The van der Waals surface area contributed by atoms with Crippen LogP contribution in [0, 0.1) is 0 Å². The molecule has 1 heterocycles. The molecule has 0 bridgehead atoms. The summed E-state index contributed by atoms with van der Waals surface area (Å²) in [4.78, 5) is 2.02. The van der Waals surface area contributed by atoms with Crippen molar-refractivity contribution in [3.63, 3.8) is 0 Å². The first-order valence-electron chi connectivity index (χ1n) is 6.02. The number of nitrogens with zero attached hydrogens (tertiary/aromatic N) is 1. The van der Waals surface area contributed by atoms with Crippen LogP contribution in [0.3, 0.4) is 0 Å². The molecule has 0 aromatic rings. The molecular weight excluding hydrogens is 210 g/mol.